The van der Waals surface area contributed by atoms with Crippen LogP contribution in [0.5, 0.6) is 0 Å². The molecule has 2 saturated heterocycles. The van der Waals surface area contributed by atoms with Crippen molar-refractivity contribution in [2.45, 2.75) is 77.7 Å². The van der Waals surface area contributed by atoms with Crippen molar-refractivity contribution in [3.05, 3.63) is 0 Å². The summed E-state index contributed by atoms with van der Waals surface area (Å²) in [5.74, 6) is 0. The number of piperidine rings is 1. The highest BCUT2D eigenvalue weighted by molar-refractivity contribution is 5.68. The van der Waals surface area contributed by atoms with Crippen molar-refractivity contribution in [1.29, 1.82) is 0 Å². The Balaban J connectivity index is 1.76. The number of nitrogens with zero attached hydrogens (tertiary/aromatic N) is 2. The van der Waals surface area contributed by atoms with Crippen molar-refractivity contribution in [2.24, 2.45) is 0 Å². The van der Waals surface area contributed by atoms with Crippen LogP contribution in [0.1, 0.15) is 54.4 Å². The molecule has 6 heteroatoms. The van der Waals surface area contributed by atoms with Gasteiger partial charge in [0.15, 0.2) is 0 Å². The summed E-state index contributed by atoms with van der Waals surface area (Å²) in [4.78, 5) is 16.4. The number of carbonyl (C=O) groups excluding carboxylic acids is 1. The molecule has 0 spiro atoms. The SMILES string of the molecule is CC(C)N1CCOC(COC2(C)CCN(C(=O)OC(C)(C)C)CC2)C1. The van der Waals surface area contributed by atoms with E-state index in [0.717, 1.165) is 32.5 Å². The Hall–Kier alpha value is -0.850. The average Bonchev–Trinajstić information content (AvgIpc) is 2.52. The summed E-state index contributed by atoms with van der Waals surface area (Å²) in [6.45, 7) is 16.9. The lowest BCUT2D eigenvalue weighted by molar-refractivity contribution is -0.131. The molecule has 25 heavy (non-hydrogen) atoms. The lowest BCUT2D eigenvalue weighted by Crippen LogP contribution is -2.51. The molecule has 1 atom stereocenters. The first-order valence-corrected chi connectivity index (χ1v) is 9.55. The molecule has 2 heterocycles. The van der Waals surface area contributed by atoms with Gasteiger partial charge in [0.05, 0.1) is 24.9 Å². The highest BCUT2D eigenvalue weighted by Crippen LogP contribution is 2.27. The van der Waals surface area contributed by atoms with Gasteiger partial charge in [-0.15, -0.1) is 0 Å². The Morgan fingerprint density at radius 2 is 1.88 bits per heavy atom. The minimum Gasteiger partial charge on any atom is -0.444 e. The number of likely N-dealkylation sites (tertiary alicyclic amines) is 1. The van der Waals surface area contributed by atoms with Gasteiger partial charge in [-0.05, 0) is 54.4 Å². The molecule has 0 aromatic carbocycles. The quantitative estimate of drug-likeness (QED) is 0.775. The maximum Gasteiger partial charge on any atom is 0.410 e. The van der Waals surface area contributed by atoms with Gasteiger partial charge in [-0.25, -0.2) is 4.79 Å². The number of morpholine rings is 1. The van der Waals surface area contributed by atoms with Crippen molar-refractivity contribution in [2.75, 3.05) is 39.4 Å². The van der Waals surface area contributed by atoms with Crippen LogP contribution >= 0.6 is 0 Å². The summed E-state index contributed by atoms with van der Waals surface area (Å²) >= 11 is 0. The molecular formula is C19H36N2O4. The largest absolute Gasteiger partial charge is 0.444 e. The van der Waals surface area contributed by atoms with Crippen molar-refractivity contribution >= 4 is 6.09 Å². The monoisotopic (exact) mass is 356 g/mol. The van der Waals surface area contributed by atoms with Gasteiger partial charge in [0, 0.05) is 32.2 Å². The second-order valence-electron chi connectivity index (χ2n) is 8.81. The molecular weight excluding hydrogens is 320 g/mol. The third-order valence-corrected chi connectivity index (χ3v) is 4.99. The van der Waals surface area contributed by atoms with Crippen molar-refractivity contribution in [3.8, 4) is 0 Å². The zero-order valence-corrected chi connectivity index (χ0v) is 16.8. The fourth-order valence-electron chi connectivity index (χ4n) is 3.24. The maximum absolute atomic E-state index is 12.2. The molecule has 146 valence electrons. The van der Waals surface area contributed by atoms with Crippen LogP contribution in [-0.4, -0.2) is 78.6 Å². The van der Waals surface area contributed by atoms with Crippen molar-refractivity contribution in [1.82, 2.24) is 9.80 Å². The third-order valence-electron chi connectivity index (χ3n) is 4.99. The van der Waals surface area contributed by atoms with Gasteiger partial charge in [-0.2, -0.15) is 0 Å². The molecule has 1 amide bonds. The van der Waals surface area contributed by atoms with Crippen molar-refractivity contribution < 1.29 is 19.0 Å². The molecule has 0 aromatic rings. The van der Waals surface area contributed by atoms with Gasteiger partial charge >= 0.3 is 6.09 Å². The van der Waals surface area contributed by atoms with E-state index in [1.165, 1.54) is 0 Å². The first-order valence-electron chi connectivity index (χ1n) is 9.55. The predicted molar refractivity (Wildman–Crippen MR) is 97.8 cm³/mol. The Labute approximate surface area is 152 Å². The molecule has 2 fully saturated rings. The van der Waals surface area contributed by atoms with E-state index in [-0.39, 0.29) is 17.8 Å². The standard InChI is InChI=1S/C19H36N2O4/c1-15(2)21-11-12-23-16(13-21)14-24-19(6)7-9-20(10-8-19)17(22)25-18(3,4)5/h15-16H,7-14H2,1-6H3. The molecule has 0 bridgehead atoms. The van der Waals surface area contributed by atoms with Gasteiger partial charge in [0.25, 0.3) is 0 Å². The van der Waals surface area contributed by atoms with Crippen LogP contribution < -0.4 is 0 Å². The Morgan fingerprint density at radius 3 is 2.44 bits per heavy atom. The van der Waals surface area contributed by atoms with Gasteiger partial charge in [-0.3, -0.25) is 4.90 Å². The minimum absolute atomic E-state index is 0.136. The summed E-state index contributed by atoms with van der Waals surface area (Å²) in [6.07, 6.45) is 1.56. The smallest absolute Gasteiger partial charge is 0.410 e. The van der Waals surface area contributed by atoms with E-state index in [2.05, 4.69) is 25.7 Å². The first kappa shape index (κ1) is 20.5. The molecule has 2 aliphatic rings. The van der Waals surface area contributed by atoms with Gasteiger partial charge in [0.1, 0.15) is 5.60 Å². The summed E-state index contributed by atoms with van der Waals surface area (Å²) in [5.41, 5.74) is -0.642. The Bertz CT molecular complexity index is 439. The number of carbonyl (C=O) groups is 1. The second-order valence-corrected chi connectivity index (χ2v) is 8.81. The number of hydrogen-bond acceptors (Lipinski definition) is 5. The molecule has 2 aliphatic heterocycles. The van der Waals surface area contributed by atoms with Gasteiger partial charge < -0.3 is 19.1 Å². The topological polar surface area (TPSA) is 51.2 Å². The van der Waals surface area contributed by atoms with Crippen molar-refractivity contribution in [3.63, 3.8) is 0 Å². The Morgan fingerprint density at radius 1 is 1.24 bits per heavy atom. The zero-order chi connectivity index (χ0) is 18.7. The molecule has 0 aromatic heterocycles. The van der Waals surface area contributed by atoms with Crippen LogP contribution in [0.2, 0.25) is 0 Å². The van der Waals surface area contributed by atoms with E-state index in [9.17, 15) is 4.79 Å². The van der Waals surface area contributed by atoms with Crippen LogP contribution in [0, 0.1) is 0 Å². The fourth-order valence-corrected chi connectivity index (χ4v) is 3.24. The molecule has 0 aliphatic carbocycles. The Kier molecular flexibility index (Phi) is 6.74. The van der Waals surface area contributed by atoms with Gasteiger partial charge in [-0.1, -0.05) is 0 Å². The summed E-state index contributed by atoms with van der Waals surface area (Å²) in [7, 11) is 0. The van der Waals surface area contributed by atoms with Crippen LogP contribution in [-0.2, 0) is 14.2 Å². The number of ether oxygens (including phenoxy) is 3. The normalized spacial score (nSPS) is 25.2. The molecule has 1 unspecified atom stereocenters. The number of hydrogen-bond donors (Lipinski definition) is 0. The predicted octanol–water partition coefficient (Wildman–Crippen LogP) is 2.90. The summed E-state index contributed by atoms with van der Waals surface area (Å²) in [6, 6.07) is 0.541. The molecule has 2 rings (SSSR count). The highest BCUT2D eigenvalue weighted by atomic mass is 16.6. The molecule has 0 radical (unpaired) electrons. The van der Waals surface area contributed by atoms with Crippen LogP contribution in [0.4, 0.5) is 4.79 Å². The minimum atomic E-state index is -0.449. The third kappa shape index (κ3) is 6.42. The zero-order valence-electron chi connectivity index (χ0n) is 16.8. The van der Waals surface area contributed by atoms with E-state index in [1.54, 1.807) is 4.90 Å². The molecule has 0 N–H and O–H groups in total. The van der Waals surface area contributed by atoms with E-state index >= 15 is 0 Å². The lowest BCUT2D eigenvalue weighted by Gasteiger charge is -2.41. The molecule has 0 saturated carbocycles. The van der Waals surface area contributed by atoms with E-state index in [4.69, 9.17) is 14.2 Å². The van der Waals surface area contributed by atoms with E-state index in [0.29, 0.717) is 25.7 Å². The van der Waals surface area contributed by atoms with Crippen LogP contribution in [0.15, 0.2) is 0 Å². The number of rotatable bonds is 4. The highest BCUT2D eigenvalue weighted by Gasteiger charge is 2.35. The van der Waals surface area contributed by atoms with Crippen LogP contribution in [0.3, 0.4) is 0 Å². The summed E-state index contributed by atoms with van der Waals surface area (Å²) in [5, 5.41) is 0. The summed E-state index contributed by atoms with van der Waals surface area (Å²) < 4.78 is 17.5. The fraction of sp³-hybridized carbons (Fsp3) is 0.947. The molecule has 6 nitrogen and oxygen atoms in total. The van der Waals surface area contributed by atoms with E-state index in [1.807, 2.05) is 20.8 Å². The average molecular weight is 357 g/mol. The van der Waals surface area contributed by atoms with Gasteiger partial charge in [0.2, 0.25) is 0 Å². The number of amides is 1. The second kappa shape index (κ2) is 8.23. The maximum atomic E-state index is 12.2. The first-order chi connectivity index (χ1) is 11.6. The lowest BCUT2D eigenvalue weighted by atomic mass is 9.93. The van der Waals surface area contributed by atoms with E-state index < -0.39 is 5.60 Å². The van der Waals surface area contributed by atoms with Crippen LogP contribution in [0.25, 0.3) is 0 Å².